The average molecular weight is 431 g/mol. The minimum atomic E-state index is -0.0830. The molecule has 30 heavy (non-hydrogen) atoms. The molecule has 4 rings (SSSR count). The fourth-order valence-electron chi connectivity index (χ4n) is 4.98. The molecule has 0 aromatic heterocycles. The van der Waals surface area contributed by atoms with E-state index in [1.807, 2.05) is 12.1 Å². The van der Waals surface area contributed by atoms with Crippen molar-refractivity contribution in [3.63, 3.8) is 0 Å². The number of hydrogen-bond donors (Lipinski definition) is 1. The summed E-state index contributed by atoms with van der Waals surface area (Å²) in [7, 11) is 3.16. The molecule has 2 saturated heterocycles. The van der Waals surface area contributed by atoms with Crippen molar-refractivity contribution in [2.24, 2.45) is 0 Å². The van der Waals surface area contributed by atoms with Crippen molar-refractivity contribution in [2.45, 2.75) is 56.8 Å². The Balaban J connectivity index is 0.00000256. The van der Waals surface area contributed by atoms with E-state index in [9.17, 15) is 4.79 Å². The highest BCUT2D eigenvalue weighted by Gasteiger charge is 2.38. The first-order chi connectivity index (χ1) is 14.2. The third kappa shape index (κ3) is 4.73. The molecular formula is C24H31ClN2O3. The average Bonchev–Trinajstić information content (AvgIpc) is 2.74. The lowest BCUT2D eigenvalue weighted by Crippen LogP contribution is -2.56. The van der Waals surface area contributed by atoms with Gasteiger partial charge in [-0.1, -0.05) is 42.8 Å². The number of benzene rings is 2. The first kappa shape index (κ1) is 22.4. The molecule has 5 nitrogen and oxygen atoms in total. The number of rotatable bonds is 6. The SMILES string of the molecule is COc1cccc(C(=O)NC2CC3CCCC(C2)N3Cc2ccccc2)c1OC.Cl. The Morgan fingerprint density at radius 3 is 2.33 bits per heavy atom. The quantitative estimate of drug-likeness (QED) is 0.736. The molecule has 0 aliphatic carbocycles. The second-order valence-corrected chi connectivity index (χ2v) is 8.08. The highest BCUT2D eigenvalue weighted by molar-refractivity contribution is 5.98. The first-order valence-corrected chi connectivity index (χ1v) is 10.5. The van der Waals surface area contributed by atoms with Crippen LogP contribution >= 0.6 is 12.4 Å². The summed E-state index contributed by atoms with van der Waals surface area (Å²) in [5.41, 5.74) is 1.90. The van der Waals surface area contributed by atoms with E-state index in [-0.39, 0.29) is 24.4 Å². The van der Waals surface area contributed by atoms with Crippen LogP contribution < -0.4 is 14.8 Å². The lowest BCUT2D eigenvalue weighted by Gasteiger charge is -2.49. The van der Waals surface area contributed by atoms with E-state index in [0.717, 1.165) is 19.4 Å². The molecule has 0 spiro atoms. The fraction of sp³-hybridized carbons (Fsp3) is 0.458. The predicted molar refractivity (Wildman–Crippen MR) is 121 cm³/mol. The van der Waals surface area contributed by atoms with Crippen LogP contribution in [0.1, 0.15) is 48.0 Å². The third-order valence-corrected chi connectivity index (χ3v) is 6.32. The molecule has 0 radical (unpaired) electrons. The summed E-state index contributed by atoms with van der Waals surface area (Å²) >= 11 is 0. The standard InChI is InChI=1S/C24H30N2O3.ClH/c1-28-22-13-7-12-21(23(22)29-2)24(27)25-18-14-19-10-6-11-20(15-18)26(19)16-17-8-4-3-5-9-17;/h3-5,7-9,12-13,18-20H,6,10-11,14-16H2,1-2H3,(H,25,27);1H. The lowest BCUT2D eigenvalue weighted by molar-refractivity contribution is 0.0177. The van der Waals surface area contributed by atoms with Crippen LogP contribution in [0.25, 0.3) is 0 Å². The molecule has 2 heterocycles. The van der Waals surface area contributed by atoms with E-state index < -0.39 is 0 Å². The number of piperidine rings is 2. The number of amides is 1. The van der Waals surface area contributed by atoms with E-state index >= 15 is 0 Å². The molecule has 2 atom stereocenters. The van der Waals surface area contributed by atoms with Gasteiger partial charge in [0.1, 0.15) is 0 Å². The number of hydrogen-bond acceptors (Lipinski definition) is 4. The molecular weight excluding hydrogens is 400 g/mol. The Morgan fingerprint density at radius 2 is 1.70 bits per heavy atom. The van der Waals surface area contributed by atoms with Crippen molar-refractivity contribution < 1.29 is 14.3 Å². The minimum Gasteiger partial charge on any atom is -0.493 e. The molecule has 2 unspecified atom stereocenters. The molecule has 2 aliphatic rings. The molecule has 0 saturated carbocycles. The Kier molecular flexibility index (Phi) is 7.62. The number of halogens is 1. The van der Waals surface area contributed by atoms with Gasteiger partial charge in [-0.15, -0.1) is 12.4 Å². The number of ether oxygens (including phenoxy) is 2. The largest absolute Gasteiger partial charge is 0.493 e. The van der Waals surface area contributed by atoms with Gasteiger partial charge >= 0.3 is 0 Å². The van der Waals surface area contributed by atoms with Crippen molar-refractivity contribution in [3.05, 3.63) is 59.7 Å². The maximum atomic E-state index is 13.0. The molecule has 1 amide bonds. The summed E-state index contributed by atoms with van der Waals surface area (Å²) in [6.07, 6.45) is 5.70. The Hall–Kier alpha value is -2.24. The van der Waals surface area contributed by atoms with Crippen LogP contribution in [-0.2, 0) is 6.54 Å². The monoisotopic (exact) mass is 430 g/mol. The van der Waals surface area contributed by atoms with E-state index in [1.165, 1.54) is 24.8 Å². The van der Waals surface area contributed by atoms with Crippen molar-refractivity contribution >= 4 is 18.3 Å². The summed E-state index contributed by atoms with van der Waals surface area (Å²) in [6.45, 7) is 1.00. The number of fused-ring (bicyclic) bond motifs is 2. The molecule has 162 valence electrons. The van der Waals surface area contributed by atoms with Crippen LogP contribution in [0, 0.1) is 0 Å². The first-order valence-electron chi connectivity index (χ1n) is 10.5. The van der Waals surface area contributed by atoms with Gasteiger partial charge in [0.25, 0.3) is 5.91 Å². The zero-order chi connectivity index (χ0) is 20.2. The number of nitrogens with one attached hydrogen (secondary N) is 1. The molecule has 2 bridgehead atoms. The lowest BCUT2D eigenvalue weighted by atomic mass is 9.81. The van der Waals surface area contributed by atoms with Crippen LogP contribution in [-0.4, -0.2) is 43.2 Å². The maximum absolute atomic E-state index is 13.0. The number of nitrogens with zero attached hydrogens (tertiary/aromatic N) is 1. The summed E-state index contributed by atoms with van der Waals surface area (Å²) < 4.78 is 10.8. The van der Waals surface area contributed by atoms with Gasteiger partial charge in [0.05, 0.1) is 19.8 Å². The number of para-hydroxylation sites is 1. The zero-order valence-corrected chi connectivity index (χ0v) is 18.5. The van der Waals surface area contributed by atoms with Gasteiger partial charge in [-0.05, 0) is 43.4 Å². The van der Waals surface area contributed by atoms with Crippen LogP contribution in [0.5, 0.6) is 11.5 Å². The predicted octanol–water partition coefficient (Wildman–Crippen LogP) is 4.44. The summed E-state index contributed by atoms with van der Waals surface area (Å²) in [5, 5.41) is 3.27. The van der Waals surface area contributed by atoms with Crippen molar-refractivity contribution in [1.82, 2.24) is 10.2 Å². The van der Waals surface area contributed by atoms with Crippen molar-refractivity contribution in [3.8, 4) is 11.5 Å². The normalized spacial score (nSPS) is 23.2. The van der Waals surface area contributed by atoms with Crippen molar-refractivity contribution in [2.75, 3.05) is 14.2 Å². The zero-order valence-electron chi connectivity index (χ0n) is 17.7. The fourth-order valence-corrected chi connectivity index (χ4v) is 4.98. The Labute approximate surface area is 185 Å². The van der Waals surface area contributed by atoms with Gasteiger partial charge in [-0.3, -0.25) is 9.69 Å². The van der Waals surface area contributed by atoms with Gasteiger partial charge in [0.2, 0.25) is 0 Å². The topological polar surface area (TPSA) is 50.8 Å². The number of carbonyl (C=O) groups excluding carboxylic acids is 1. The van der Waals surface area contributed by atoms with Crippen molar-refractivity contribution in [1.29, 1.82) is 0 Å². The molecule has 6 heteroatoms. The number of methoxy groups -OCH3 is 2. The second kappa shape index (κ2) is 10.2. The Morgan fingerprint density at radius 1 is 1.00 bits per heavy atom. The van der Waals surface area contributed by atoms with Crippen LogP contribution in [0.15, 0.2) is 48.5 Å². The van der Waals surface area contributed by atoms with Crippen LogP contribution in [0.3, 0.4) is 0 Å². The molecule has 2 aromatic rings. The van der Waals surface area contributed by atoms with Crippen LogP contribution in [0.2, 0.25) is 0 Å². The summed E-state index contributed by atoms with van der Waals surface area (Å²) in [4.78, 5) is 15.7. The minimum absolute atomic E-state index is 0. The summed E-state index contributed by atoms with van der Waals surface area (Å²) in [6, 6.07) is 17.4. The van der Waals surface area contributed by atoms with Crippen LogP contribution in [0.4, 0.5) is 0 Å². The highest BCUT2D eigenvalue weighted by Crippen LogP contribution is 2.36. The van der Waals surface area contributed by atoms with Gasteiger partial charge in [-0.25, -0.2) is 0 Å². The number of carbonyl (C=O) groups is 1. The van der Waals surface area contributed by atoms with Gasteiger partial charge in [-0.2, -0.15) is 0 Å². The van der Waals surface area contributed by atoms with Gasteiger partial charge < -0.3 is 14.8 Å². The second-order valence-electron chi connectivity index (χ2n) is 8.08. The Bertz CT molecular complexity index is 832. The molecule has 2 aliphatic heterocycles. The molecule has 2 aromatic carbocycles. The smallest absolute Gasteiger partial charge is 0.255 e. The van der Waals surface area contributed by atoms with Gasteiger partial charge in [0, 0.05) is 24.7 Å². The van der Waals surface area contributed by atoms with E-state index in [2.05, 4.69) is 40.5 Å². The van der Waals surface area contributed by atoms with E-state index in [1.54, 1.807) is 20.3 Å². The summed E-state index contributed by atoms with van der Waals surface area (Å²) in [5.74, 6) is 0.990. The molecule has 2 fully saturated rings. The van der Waals surface area contributed by atoms with E-state index in [4.69, 9.17) is 9.47 Å². The highest BCUT2D eigenvalue weighted by atomic mass is 35.5. The third-order valence-electron chi connectivity index (χ3n) is 6.32. The van der Waals surface area contributed by atoms with Gasteiger partial charge in [0.15, 0.2) is 11.5 Å². The van der Waals surface area contributed by atoms with E-state index in [0.29, 0.717) is 29.1 Å². The molecule has 1 N–H and O–H groups in total. The maximum Gasteiger partial charge on any atom is 0.255 e.